The van der Waals surface area contributed by atoms with Gasteiger partial charge in [-0.05, 0) is 24.8 Å². The monoisotopic (exact) mass is 374 g/mol. The topological polar surface area (TPSA) is 76.7 Å². The first-order chi connectivity index (χ1) is 12.9. The lowest BCUT2D eigenvalue weighted by Crippen LogP contribution is -2.41. The van der Waals surface area contributed by atoms with Gasteiger partial charge < -0.3 is 20.1 Å². The minimum atomic E-state index is -0.599. The molecule has 1 aromatic carbocycles. The van der Waals surface area contributed by atoms with Crippen LogP contribution in [0.1, 0.15) is 32.8 Å². The van der Waals surface area contributed by atoms with Crippen molar-refractivity contribution in [2.75, 3.05) is 13.7 Å². The van der Waals surface area contributed by atoms with Gasteiger partial charge in [0.2, 0.25) is 0 Å². The van der Waals surface area contributed by atoms with Gasteiger partial charge in [-0.2, -0.15) is 0 Å². The molecule has 1 rings (SSSR count). The fraction of sp³-hybridized carbons (Fsp3) is 0.429. The molecule has 1 atom stereocenters. The van der Waals surface area contributed by atoms with Gasteiger partial charge in [-0.1, -0.05) is 56.8 Å². The Labute approximate surface area is 161 Å². The molecule has 0 bridgehead atoms. The predicted octanol–water partition coefficient (Wildman–Crippen LogP) is 3.55. The number of methoxy groups -OCH3 is 1. The summed E-state index contributed by atoms with van der Waals surface area (Å²) in [6.45, 7) is 10.0. The van der Waals surface area contributed by atoms with E-state index in [0.29, 0.717) is 24.2 Å². The number of carbonyl (C=O) groups is 2. The van der Waals surface area contributed by atoms with E-state index in [-0.39, 0.29) is 12.5 Å². The lowest BCUT2D eigenvalue weighted by atomic mass is 9.95. The normalized spacial score (nSPS) is 12.6. The number of amides is 1. The van der Waals surface area contributed by atoms with Crippen LogP contribution in [0.2, 0.25) is 0 Å². The number of alkyl carbamates (subject to hydrolysis) is 1. The second-order valence-corrected chi connectivity index (χ2v) is 6.58. The van der Waals surface area contributed by atoms with Gasteiger partial charge in [0.1, 0.15) is 6.61 Å². The van der Waals surface area contributed by atoms with Crippen LogP contribution >= 0.6 is 0 Å². The first-order valence-corrected chi connectivity index (χ1v) is 9.00. The van der Waals surface area contributed by atoms with Crippen LogP contribution in [-0.4, -0.2) is 31.8 Å². The van der Waals surface area contributed by atoms with E-state index >= 15 is 0 Å². The molecule has 0 fully saturated rings. The number of benzene rings is 1. The van der Waals surface area contributed by atoms with Crippen LogP contribution in [-0.2, 0) is 20.8 Å². The van der Waals surface area contributed by atoms with Gasteiger partial charge in [-0.15, -0.1) is 0 Å². The van der Waals surface area contributed by atoms with Gasteiger partial charge in [0.15, 0.2) is 0 Å². The zero-order valence-electron chi connectivity index (χ0n) is 16.6. The van der Waals surface area contributed by atoms with Crippen LogP contribution in [0.25, 0.3) is 0 Å². The molecule has 0 aliphatic carbocycles. The quantitative estimate of drug-likeness (QED) is 0.372. The molecule has 0 saturated carbocycles. The average molecular weight is 374 g/mol. The van der Waals surface area contributed by atoms with E-state index in [2.05, 4.69) is 17.2 Å². The van der Waals surface area contributed by atoms with Gasteiger partial charge in [0, 0.05) is 12.2 Å². The summed E-state index contributed by atoms with van der Waals surface area (Å²) in [4.78, 5) is 24.5. The van der Waals surface area contributed by atoms with Crippen LogP contribution in [0.15, 0.2) is 54.3 Å². The Morgan fingerprint density at radius 2 is 1.89 bits per heavy atom. The summed E-state index contributed by atoms with van der Waals surface area (Å²) < 4.78 is 9.98. The lowest BCUT2D eigenvalue weighted by Gasteiger charge is -2.24. The lowest BCUT2D eigenvalue weighted by molar-refractivity contribution is -0.136. The maximum Gasteiger partial charge on any atom is 0.407 e. The molecule has 0 aliphatic heterocycles. The molecule has 0 unspecified atom stereocenters. The largest absolute Gasteiger partial charge is 0.466 e. The highest BCUT2D eigenvalue weighted by molar-refractivity contribution is 5.91. The van der Waals surface area contributed by atoms with Gasteiger partial charge >= 0.3 is 12.1 Å². The number of allylic oxidation sites excluding steroid dienone is 1. The molecule has 6 heteroatoms. The Kier molecular flexibility index (Phi) is 9.72. The second-order valence-electron chi connectivity index (χ2n) is 6.58. The highest BCUT2D eigenvalue weighted by atomic mass is 16.5. The summed E-state index contributed by atoms with van der Waals surface area (Å²) >= 11 is 0. The third kappa shape index (κ3) is 7.98. The van der Waals surface area contributed by atoms with Crippen LogP contribution in [0.4, 0.5) is 4.79 Å². The molecule has 0 aromatic heterocycles. The minimum absolute atomic E-state index is 0.0999. The van der Waals surface area contributed by atoms with E-state index < -0.39 is 18.1 Å². The summed E-state index contributed by atoms with van der Waals surface area (Å²) in [5.74, 6) is -0.237. The maximum absolute atomic E-state index is 12.5. The molecule has 6 nitrogen and oxygen atoms in total. The Bertz CT molecular complexity index is 653. The standard InChI is InChI=1S/C21H30N2O4/c1-6-12-27-21(25)23-18(13-15(2)3)19(20(24)26-5)16(4)22-14-17-10-8-7-9-11-17/h6-11,15,18,22H,1,12-14H2,2-5H3,(H,23,25)/b19-16-/t18-/m0/s1. The second kappa shape index (κ2) is 11.8. The molecule has 2 N–H and O–H groups in total. The van der Waals surface area contributed by atoms with Crippen molar-refractivity contribution in [1.29, 1.82) is 0 Å². The Balaban J connectivity index is 3.05. The molecule has 148 valence electrons. The van der Waals surface area contributed by atoms with Gasteiger partial charge in [-0.25, -0.2) is 9.59 Å². The third-order valence-corrected chi connectivity index (χ3v) is 3.89. The Morgan fingerprint density at radius 3 is 2.44 bits per heavy atom. The van der Waals surface area contributed by atoms with E-state index in [0.717, 1.165) is 5.56 Å². The fourth-order valence-electron chi connectivity index (χ4n) is 2.63. The molecule has 0 heterocycles. The zero-order chi connectivity index (χ0) is 20.2. The number of nitrogens with one attached hydrogen (secondary N) is 2. The van der Waals surface area contributed by atoms with Gasteiger partial charge in [0.25, 0.3) is 0 Å². The highest BCUT2D eigenvalue weighted by Gasteiger charge is 2.27. The summed E-state index contributed by atoms with van der Waals surface area (Å²) in [5.41, 5.74) is 2.12. The number of esters is 1. The van der Waals surface area contributed by atoms with E-state index in [9.17, 15) is 9.59 Å². The Morgan fingerprint density at radius 1 is 1.22 bits per heavy atom. The summed E-state index contributed by atoms with van der Waals surface area (Å²) in [6, 6.07) is 9.32. The summed E-state index contributed by atoms with van der Waals surface area (Å²) in [6.07, 6.45) is 1.46. The first-order valence-electron chi connectivity index (χ1n) is 9.00. The van der Waals surface area contributed by atoms with Crippen LogP contribution in [0.5, 0.6) is 0 Å². The predicted molar refractivity (Wildman–Crippen MR) is 106 cm³/mol. The molecule has 0 radical (unpaired) electrons. The third-order valence-electron chi connectivity index (χ3n) is 3.89. The summed E-state index contributed by atoms with van der Waals surface area (Å²) in [5, 5.41) is 6.02. The maximum atomic E-state index is 12.5. The molecule has 0 spiro atoms. The van der Waals surface area contributed by atoms with Crippen molar-refractivity contribution >= 4 is 12.1 Å². The van der Waals surface area contributed by atoms with E-state index in [1.165, 1.54) is 13.2 Å². The van der Waals surface area contributed by atoms with Crippen molar-refractivity contribution in [3.05, 3.63) is 59.8 Å². The first kappa shape index (κ1) is 22.3. The number of ether oxygens (including phenoxy) is 2. The molecular formula is C21H30N2O4. The van der Waals surface area contributed by atoms with E-state index in [1.807, 2.05) is 44.2 Å². The molecule has 0 aliphatic rings. The van der Waals surface area contributed by atoms with Crippen LogP contribution in [0.3, 0.4) is 0 Å². The van der Waals surface area contributed by atoms with Crippen molar-refractivity contribution < 1.29 is 19.1 Å². The molecule has 1 amide bonds. The van der Waals surface area contributed by atoms with Gasteiger partial charge in [-0.3, -0.25) is 0 Å². The average Bonchev–Trinajstić information content (AvgIpc) is 2.65. The van der Waals surface area contributed by atoms with Crippen molar-refractivity contribution in [2.45, 2.75) is 39.8 Å². The Hall–Kier alpha value is -2.76. The highest BCUT2D eigenvalue weighted by Crippen LogP contribution is 2.18. The minimum Gasteiger partial charge on any atom is -0.466 e. The van der Waals surface area contributed by atoms with Crippen molar-refractivity contribution in [2.24, 2.45) is 5.92 Å². The SMILES string of the molecule is C=CCOC(=O)N[C@@H](CC(C)C)/C(C(=O)OC)=C(\C)NCc1ccccc1. The van der Waals surface area contributed by atoms with E-state index in [4.69, 9.17) is 9.47 Å². The van der Waals surface area contributed by atoms with E-state index in [1.54, 1.807) is 6.92 Å². The van der Waals surface area contributed by atoms with Gasteiger partial charge in [0.05, 0.1) is 18.7 Å². The van der Waals surface area contributed by atoms with Crippen LogP contribution in [0, 0.1) is 5.92 Å². The molecule has 27 heavy (non-hydrogen) atoms. The van der Waals surface area contributed by atoms with Crippen molar-refractivity contribution in [3.63, 3.8) is 0 Å². The number of carbonyl (C=O) groups excluding carboxylic acids is 2. The summed E-state index contributed by atoms with van der Waals surface area (Å²) in [7, 11) is 1.33. The molecule has 0 saturated heterocycles. The molecule has 1 aromatic rings. The number of hydrogen-bond acceptors (Lipinski definition) is 5. The molecular weight excluding hydrogens is 344 g/mol. The van der Waals surface area contributed by atoms with Crippen molar-refractivity contribution in [1.82, 2.24) is 10.6 Å². The zero-order valence-corrected chi connectivity index (χ0v) is 16.6. The number of rotatable bonds is 10. The smallest absolute Gasteiger partial charge is 0.407 e. The van der Waals surface area contributed by atoms with Crippen molar-refractivity contribution in [3.8, 4) is 0 Å². The number of hydrogen-bond donors (Lipinski definition) is 2. The fourth-order valence-corrected chi connectivity index (χ4v) is 2.63. The van der Waals surface area contributed by atoms with Crippen LogP contribution < -0.4 is 10.6 Å².